The van der Waals surface area contributed by atoms with Crippen LogP contribution in [0.1, 0.15) is 34.6 Å². The normalized spacial score (nSPS) is 30.7. The van der Waals surface area contributed by atoms with Crippen molar-refractivity contribution in [2.45, 2.75) is 53.1 Å². The van der Waals surface area contributed by atoms with Gasteiger partial charge in [-0.3, -0.25) is 9.59 Å². The van der Waals surface area contributed by atoms with E-state index < -0.39 is 6.29 Å². The van der Waals surface area contributed by atoms with E-state index >= 15 is 0 Å². The lowest BCUT2D eigenvalue weighted by Gasteiger charge is -2.44. The number of hydrogen-bond acceptors (Lipinski definition) is 6. The number of nitrogens with one attached hydrogen (secondary N) is 1. The first-order valence-corrected chi connectivity index (χ1v) is 8.12. The fourth-order valence-corrected chi connectivity index (χ4v) is 2.63. The number of amides is 1. The molecule has 0 aliphatic carbocycles. The van der Waals surface area contributed by atoms with Gasteiger partial charge in [0, 0.05) is 20.5 Å². The van der Waals surface area contributed by atoms with Crippen molar-refractivity contribution in [3.8, 4) is 0 Å². The van der Waals surface area contributed by atoms with Crippen molar-refractivity contribution < 1.29 is 28.5 Å². The molecule has 1 amide bonds. The summed E-state index contributed by atoms with van der Waals surface area (Å²) in [6.07, 6.45) is -0.859. The van der Waals surface area contributed by atoms with Crippen molar-refractivity contribution >= 4 is 11.9 Å². The minimum atomic E-state index is -0.592. The maximum Gasteiger partial charge on any atom is 0.302 e. The van der Waals surface area contributed by atoms with Crippen LogP contribution in [-0.2, 0) is 28.5 Å². The van der Waals surface area contributed by atoms with Gasteiger partial charge >= 0.3 is 5.97 Å². The van der Waals surface area contributed by atoms with Gasteiger partial charge in [-0.15, -0.1) is 0 Å². The Kier molecular flexibility index (Phi) is 8.51. The lowest BCUT2D eigenvalue weighted by Crippen LogP contribution is -2.58. The molecule has 2 unspecified atom stereocenters. The van der Waals surface area contributed by atoms with Crippen LogP contribution >= 0.6 is 0 Å². The fraction of sp³-hybridized carbons (Fsp3) is 0.875. The van der Waals surface area contributed by atoms with E-state index in [1.165, 1.54) is 13.8 Å². The van der Waals surface area contributed by atoms with E-state index in [9.17, 15) is 9.59 Å². The predicted octanol–water partition coefficient (Wildman–Crippen LogP) is 1.10. The molecule has 1 rings (SSSR count). The highest BCUT2D eigenvalue weighted by molar-refractivity contribution is 5.73. The molecular formula is C16H29NO6. The highest BCUT2D eigenvalue weighted by Crippen LogP contribution is 2.31. The van der Waals surface area contributed by atoms with E-state index in [1.807, 2.05) is 20.8 Å². The maximum absolute atomic E-state index is 11.5. The second-order valence-corrected chi connectivity index (χ2v) is 5.86. The first-order valence-electron chi connectivity index (χ1n) is 8.12. The number of carbonyl (C=O) groups is 2. The molecule has 1 aliphatic heterocycles. The Balaban J connectivity index is 2.71. The molecule has 0 bridgehead atoms. The third kappa shape index (κ3) is 6.45. The Morgan fingerprint density at radius 3 is 2.39 bits per heavy atom. The van der Waals surface area contributed by atoms with Crippen LogP contribution < -0.4 is 5.32 Å². The van der Waals surface area contributed by atoms with Crippen molar-refractivity contribution in [1.82, 2.24) is 5.32 Å². The first-order chi connectivity index (χ1) is 10.9. The third-order valence-electron chi connectivity index (χ3n) is 4.12. The van der Waals surface area contributed by atoms with Crippen LogP contribution in [0.2, 0.25) is 0 Å². The smallest absolute Gasteiger partial charge is 0.302 e. The van der Waals surface area contributed by atoms with E-state index in [-0.39, 0.29) is 42.5 Å². The van der Waals surface area contributed by atoms with Gasteiger partial charge in [0.2, 0.25) is 5.91 Å². The molecule has 7 heteroatoms. The second kappa shape index (κ2) is 9.85. The largest absolute Gasteiger partial charge is 0.463 e. The quantitative estimate of drug-likeness (QED) is 0.530. The fourth-order valence-electron chi connectivity index (χ4n) is 2.63. The standard InChI is InChI=1S/C16H29NO6/c1-6-20-7-8-21-16-15(17-12(4)18)11(3)10(2)14(23-16)9-22-13(5)19/h10-11,14-16H,6-9H2,1-5H3,(H,17,18)/t10?,11-,14+,15+,16?/m0/s1. The summed E-state index contributed by atoms with van der Waals surface area (Å²) >= 11 is 0. The molecule has 0 aromatic heterocycles. The molecule has 0 aromatic carbocycles. The summed E-state index contributed by atoms with van der Waals surface area (Å²) in [5, 5.41) is 2.90. The van der Waals surface area contributed by atoms with Crippen LogP contribution in [0, 0.1) is 11.8 Å². The number of hydrogen-bond donors (Lipinski definition) is 1. The van der Waals surface area contributed by atoms with E-state index in [0.717, 1.165) is 0 Å². The van der Waals surface area contributed by atoms with Gasteiger partial charge in [-0.05, 0) is 18.8 Å². The summed E-state index contributed by atoms with van der Waals surface area (Å²) in [6, 6.07) is -0.252. The van der Waals surface area contributed by atoms with Crippen molar-refractivity contribution in [2.75, 3.05) is 26.4 Å². The number of carbonyl (C=O) groups excluding carboxylic acids is 2. The molecule has 0 saturated carbocycles. The number of esters is 1. The van der Waals surface area contributed by atoms with Gasteiger partial charge in [0.15, 0.2) is 6.29 Å². The van der Waals surface area contributed by atoms with Crippen LogP contribution in [0.15, 0.2) is 0 Å². The number of ether oxygens (including phenoxy) is 4. The topological polar surface area (TPSA) is 83.1 Å². The Morgan fingerprint density at radius 1 is 1.13 bits per heavy atom. The minimum Gasteiger partial charge on any atom is -0.463 e. The molecule has 7 nitrogen and oxygen atoms in total. The SMILES string of the molecule is CCOCCOC1O[C@H](COC(C)=O)C(C)[C@H](C)[C@H]1NC(C)=O. The predicted molar refractivity (Wildman–Crippen MR) is 83.7 cm³/mol. The van der Waals surface area contributed by atoms with Gasteiger partial charge in [-0.25, -0.2) is 0 Å². The summed E-state index contributed by atoms with van der Waals surface area (Å²) in [5.41, 5.74) is 0. The zero-order chi connectivity index (χ0) is 17.4. The monoisotopic (exact) mass is 331 g/mol. The number of rotatable bonds is 8. The molecule has 0 spiro atoms. The van der Waals surface area contributed by atoms with E-state index in [4.69, 9.17) is 18.9 Å². The molecule has 134 valence electrons. The molecule has 0 radical (unpaired) electrons. The van der Waals surface area contributed by atoms with Crippen molar-refractivity contribution in [3.63, 3.8) is 0 Å². The van der Waals surface area contributed by atoms with Gasteiger partial charge in [0.25, 0.3) is 0 Å². The van der Waals surface area contributed by atoms with Crippen LogP contribution in [0.5, 0.6) is 0 Å². The van der Waals surface area contributed by atoms with Crippen LogP contribution in [0.25, 0.3) is 0 Å². The molecule has 1 saturated heterocycles. The second-order valence-electron chi connectivity index (χ2n) is 5.86. The Labute approximate surface area is 138 Å². The molecule has 0 aromatic rings. The van der Waals surface area contributed by atoms with E-state index in [0.29, 0.717) is 19.8 Å². The third-order valence-corrected chi connectivity index (χ3v) is 4.12. The first kappa shape index (κ1) is 19.9. The van der Waals surface area contributed by atoms with E-state index in [2.05, 4.69) is 5.32 Å². The van der Waals surface area contributed by atoms with Gasteiger partial charge in [-0.2, -0.15) is 0 Å². The molecule has 1 aliphatic rings. The molecule has 1 N–H and O–H groups in total. The molecule has 1 heterocycles. The zero-order valence-corrected chi connectivity index (χ0v) is 14.7. The highest BCUT2D eigenvalue weighted by Gasteiger charge is 2.42. The van der Waals surface area contributed by atoms with Gasteiger partial charge in [-0.1, -0.05) is 13.8 Å². The van der Waals surface area contributed by atoms with E-state index in [1.54, 1.807) is 0 Å². The van der Waals surface area contributed by atoms with Crippen molar-refractivity contribution in [1.29, 1.82) is 0 Å². The summed E-state index contributed by atoms with van der Waals surface area (Å²) in [5.74, 6) is -0.246. The summed E-state index contributed by atoms with van der Waals surface area (Å²) in [6.45, 7) is 10.4. The molecule has 23 heavy (non-hydrogen) atoms. The summed E-state index contributed by atoms with van der Waals surface area (Å²) in [4.78, 5) is 22.5. The Morgan fingerprint density at radius 2 is 1.83 bits per heavy atom. The molecule has 5 atom stereocenters. The Bertz CT molecular complexity index is 387. The van der Waals surface area contributed by atoms with Crippen molar-refractivity contribution in [2.24, 2.45) is 11.8 Å². The molecular weight excluding hydrogens is 302 g/mol. The molecule has 1 fully saturated rings. The average Bonchev–Trinajstić information content (AvgIpc) is 2.48. The van der Waals surface area contributed by atoms with Gasteiger partial charge in [0.1, 0.15) is 6.61 Å². The van der Waals surface area contributed by atoms with Gasteiger partial charge < -0.3 is 24.3 Å². The maximum atomic E-state index is 11.5. The minimum absolute atomic E-state index is 0.109. The average molecular weight is 331 g/mol. The highest BCUT2D eigenvalue weighted by atomic mass is 16.7. The zero-order valence-electron chi connectivity index (χ0n) is 14.7. The summed E-state index contributed by atoms with van der Waals surface area (Å²) < 4.78 is 22.0. The van der Waals surface area contributed by atoms with Crippen molar-refractivity contribution in [3.05, 3.63) is 0 Å². The lowest BCUT2D eigenvalue weighted by molar-refractivity contribution is -0.246. The van der Waals surface area contributed by atoms with Gasteiger partial charge in [0.05, 0.1) is 25.4 Å². The lowest BCUT2D eigenvalue weighted by atomic mass is 9.82. The van der Waals surface area contributed by atoms with Crippen LogP contribution in [0.4, 0.5) is 0 Å². The van der Waals surface area contributed by atoms with Crippen LogP contribution in [0.3, 0.4) is 0 Å². The Hall–Kier alpha value is -1.18. The summed E-state index contributed by atoms with van der Waals surface area (Å²) in [7, 11) is 0. The van der Waals surface area contributed by atoms with Crippen LogP contribution in [-0.4, -0.2) is 56.7 Å².